The molecule has 0 aliphatic rings. The number of halogens is 1. The molecule has 2 aromatic heterocycles. The Hall–Kier alpha value is -2.58. The Balaban J connectivity index is 2.38. The molecule has 0 saturated carbocycles. The monoisotopic (exact) mass is 299 g/mol. The van der Waals surface area contributed by atoms with Crippen LogP contribution in [-0.2, 0) is 0 Å². The van der Waals surface area contributed by atoms with Crippen LogP contribution in [0.25, 0.3) is 21.9 Å². The molecule has 104 valence electrons. The smallest absolute Gasteiger partial charge is 0.162 e. The lowest BCUT2D eigenvalue weighted by molar-refractivity contribution is 0.356. The maximum Gasteiger partial charge on any atom is 0.162 e. The maximum atomic E-state index is 9.01. The van der Waals surface area contributed by atoms with Crippen molar-refractivity contribution in [3.63, 3.8) is 0 Å². The summed E-state index contributed by atoms with van der Waals surface area (Å²) in [5, 5.41) is 10.8. The predicted octanol–water partition coefficient (Wildman–Crippen LogP) is 3.33. The number of benzene rings is 1. The van der Waals surface area contributed by atoms with Gasteiger partial charge < -0.3 is 9.47 Å². The summed E-state index contributed by atoms with van der Waals surface area (Å²) in [4.78, 5) is 8.63. The van der Waals surface area contributed by atoms with Gasteiger partial charge in [-0.05, 0) is 12.1 Å². The van der Waals surface area contributed by atoms with Crippen LogP contribution in [-0.4, -0.2) is 24.2 Å². The van der Waals surface area contributed by atoms with E-state index in [9.17, 15) is 0 Å². The van der Waals surface area contributed by atoms with E-state index >= 15 is 0 Å². The Morgan fingerprint density at radius 2 is 1.86 bits per heavy atom. The molecule has 0 fully saturated rings. The molecule has 0 aliphatic carbocycles. The normalized spacial score (nSPS) is 10.6. The molecule has 0 unspecified atom stereocenters. The summed E-state index contributed by atoms with van der Waals surface area (Å²) in [6.07, 6.45) is 1.42. The van der Waals surface area contributed by atoms with E-state index in [-0.39, 0.29) is 0 Å². The van der Waals surface area contributed by atoms with Crippen LogP contribution < -0.4 is 9.47 Å². The van der Waals surface area contributed by atoms with Crippen LogP contribution in [0.2, 0.25) is 5.02 Å². The molecule has 0 spiro atoms. The first-order valence-electron chi connectivity index (χ1n) is 6.09. The summed E-state index contributed by atoms with van der Waals surface area (Å²) in [5.74, 6) is 1.20. The van der Waals surface area contributed by atoms with Crippen molar-refractivity contribution < 1.29 is 9.47 Å². The summed E-state index contributed by atoms with van der Waals surface area (Å²) in [5.41, 5.74) is 1.53. The van der Waals surface area contributed by atoms with E-state index < -0.39 is 0 Å². The lowest BCUT2D eigenvalue weighted by Gasteiger charge is -2.09. The molecule has 2 heterocycles. The van der Waals surface area contributed by atoms with E-state index in [1.54, 1.807) is 20.3 Å². The molecule has 0 amide bonds. The second kappa shape index (κ2) is 5.08. The number of rotatable bonds is 2. The van der Waals surface area contributed by atoms with Gasteiger partial charge in [-0.2, -0.15) is 5.26 Å². The third-order valence-electron chi connectivity index (χ3n) is 3.21. The van der Waals surface area contributed by atoms with E-state index in [1.165, 1.54) is 6.20 Å². The van der Waals surface area contributed by atoms with Crippen molar-refractivity contribution in [1.29, 1.82) is 5.26 Å². The van der Waals surface area contributed by atoms with Gasteiger partial charge in [0.1, 0.15) is 6.07 Å². The first-order valence-corrected chi connectivity index (χ1v) is 6.47. The standard InChI is InChI=1S/C15H10ClN3O2/c1-20-12-4-8-3-10-14(16)9(6-17)7-18-15(10)19-11(8)5-13(12)21-2/h3-5,7H,1-2H3. The second-order valence-corrected chi connectivity index (χ2v) is 4.74. The zero-order valence-electron chi connectivity index (χ0n) is 11.3. The number of pyridine rings is 2. The molecule has 1 aromatic carbocycles. The Labute approximate surface area is 125 Å². The molecule has 21 heavy (non-hydrogen) atoms. The number of nitriles is 1. The number of nitrogens with zero attached hydrogens (tertiary/aromatic N) is 3. The molecule has 3 rings (SSSR count). The minimum absolute atomic E-state index is 0.325. The maximum absolute atomic E-state index is 9.01. The zero-order chi connectivity index (χ0) is 15.0. The molecule has 0 saturated heterocycles. The van der Waals surface area contributed by atoms with Gasteiger partial charge in [0, 0.05) is 23.0 Å². The SMILES string of the molecule is COc1cc2cc3c(Cl)c(C#N)cnc3nc2cc1OC. The number of methoxy groups -OCH3 is 2. The molecular weight excluding hydrogens is 290 g/mol. The van der Waals surface area contributed by atoms with E-state index in [2.05, 4.69) is 9.97 Å². The largest absolute Gasteiger partial charge is 0.493 e. The van der Waals surface area contributed by atoms with Crippen LogP contribution in [0.1, 0.15) is 5.56 Å². The summed E-state index contributed by atoms with van der Waals surface area (Å²) in [6.45, 7) is 0. The Morgan fingerprint density at radius 3 is 2.52 bits per heavy atom. The average molecular weight is 300 g/mol. The van der Waals surface area contributed by atoms with Gasteiger partial charge in [-0.1, -0.05) is 11.6 Å². The van der Waals surface area contributed by atoms with Crippen molar-refractivity contribution in [2.45, 2.75) is 0 Å². The van der Waals surface area contributed by atoms with Gasteiger partial charge in [0.2, 0.25) is 0 Å². The second-order valence-electron chi connectivity index (χ2n) is 4.36. The fraction of sp³-hybridized carbons (Fsp3) is 0.133. The van der Waals surface area contributed by atoms with Crippen LogP contribution in [0.4, 0.5) is 0 Å². The van der Waals surface area contributed by atoms with Gasteiger partial charge in [-0.15, -0.1) is 0 Å². The third-order valence-corrected chi connectivity index (χ3v) is 3.62. The van der Waals surface area contributed by atoms with Gasteiger partial charge in [0.05, 0.1) is 30.3 Å². The Bertz CT molecular complexity index is 903. The van der Waals surface area contributed by atoms with Crippen LogP contribution in [0, 0.1) is 11.3 Å². The summed E-state index contributed by atoms with van der Waals surface area (Å²) in [6, 6.07) is 7.45. The molecule has 0 bridgehead atoms. The van der Waals surface area contributed by atoms with E-state index in [0.29, 0.717) is 38.6 Å². The predicted molar refractivity (Wildman–Crippen MR) is 79.9 cm³/mol. The van der Waals surface area contributed by atoms with Gasteiger partial charge in [-0.25, -0.2) is 9.97 Å². The summed E-state index contributed by atoms with van der Waals surface area (Å²) in [7, 11) is 3.14. The summed E-state index contributed by atoms with van der Waals surface area (Å²) >= 11 is 6.22. The fourth-order valence-corrected chi connectivity index (χ4v) is 2.39. The van der Waals surface area contributed by atoms with Crippen molar-refractivity contribution in [2.75, 3.05) is 14.2 Å². The number of ether oxygens (including phenoxy) is 2. The van der Waals surface area contributed by atoms with Crippen molar-refractivity contribution in [1.82, 2.24) is 9.97 Å². The number of hydrogen-bond donors (Lipinski definition) is 0. The number of hydrogen-bond acceptors (Lipinski definition) is 5. The molecular formula is C15H10ClN3O2. The molecule has 6 heteroatoms. The lowest BCUT2D eigenvalue weighted by atomic mass is 10.1. The zero-order valence-corrected chi connectivity index (χ0v) is 12.1. The highest BCUT2D eigenvalue weighted by molar-refractivity contribution is 6.36. The van der Waals surface area contributed by atoms with Crippen LogP contribution in [0.5, 0.6) is 11.5 Å². The van der Waals surface area contributed by atoms with E-state index in [4.69, 9.17) is 26.3 Å². The van der Waals surface area contributed by atoms with Crippen LogP contribution in [0.15, 0.2) is 24.4 Å². The molecule has 5 nitrogen and oxygen atoms in total. The molecule has 0 aliphatic heterocycles. The average Bonchev–Trinajstić information content (AvgIpc) is 2.52. The first kappa shape index (κ1) is 13.4. The highest BCUT2D eigenvalue weighted by Crippen LogP contribution is 2.34. The third kappa shape index (κ3) is 2.10. The van der Waals surface area contributed by atoms with E-state index in [0.717, 1.165) is 5.39 Å². The molecule has 0 atom stereocenters. The molecule has 0 N–H and O–H groups in total. The van der Waals surface area contributed by atoms with Crippen molar-refractivity contribution >= 4 is 33.5 Å². The van der Waals surface area contributed by atoms with Crippen molar-refractivity contribution in [3.05, 3.63) is 35.0 Å². The highest BCUT2D eigenvalue weighted by atomic mass is 35.5. The van der Waals surface area contributed by atoms with Crippen molar-refractivity contribution in [3.8, 4) is 17.6 Å². The minimum atomic E-state index is 0.325. The summed E-state index contributed by atoms with van der Waals surface area (Å²) < 4.78 is 10.5. The number of aromatic nitrogens is 2. The minimum Gasteiger partial charge on any atom is -0.493 e. The van der Waals surface area contributed by atoms with Crippen LogP contribution >= 0.6 is 11.6 Å². The highest BCUT2D eigenvalue weighted by Gasteiger charge is 2.12. The topological polar surface area (TPSA) is 68.0 Å². The Kier molecular flexibility index (Phi) is 3.24. The van der Waals surface area contributed by atoms with Gasteiger partial charge in [-0.3, -0.25) is 0 Å². The van der Waals surface area contributed by atoms with Gasteiger partial charge in [0.25, 0.3) is 0 Å². The lowest BCUT2D eigenvalue weighted by Crippen LogP contribution is -1.93. The fourth-order valence-electron chi connectivity index (χ4n) is 2.16. The van der Waals surface area contributed by atoms with E-state index in [1.807, 2.05) is 18.2 Å². The molecule has 3 aromatic rings. The number of fused-ring (bicyclic) bond motifs is 2. The van der Waals surface area contributed by atoms with Gasteiger partial charge >= 0.3 is 0 Å². The molecule has 0 radical (unpaired) electrons. The van der Waals surface area contributed by atoms with Crippen molar-refractivity contribution in [2.24, 2.45) is 0 Å². The quantitative estimate of drug-likeness (QED) is 0.679. The first-order chi connectivity index (χ1) is 10.2. The van der Waals surface area contributed by atoms with Crippen LogP contribution in [0.3, 0.4) is 0 Å². The van der Waals surface area contributed by atoms with Gasteiger partial charge in [0.15, 0.2) is 17.1 Å². The Morgan fingerprint density at radius 1 is 1.14 bits per heavy atom.